The first-order valence-corrected chi connectivity index (χ1v) is 15.8. The summed E-state index contributed by atoms with van der Waals surface area (Å²) in [6.45, 7) is 5.97. The topological polar surface area (TPSA) is 82.0 Å². The van der Waals surface area contributed by atoms with Gasteiger partial charge in [0.1, 0.15) is 5.60 Å². The van der Waals surface area contributed by atoms with Crippen LogP contribution in [-0.2, 0) is 4.74 Å². The highest BCUT2D eigenvalue weighted by Crippen LogP contribution is 2.45. The van der Waals surface area contributed by atoms with Crippen LogP contribution < -0.4 is 19.7 Å². The van der Waals surface area contributed by atoms with Crippen LogP contribution >= 0.6 is 0 Å². The number of hydrogen-bond acceptors (Lipinski definition) is 5. The smallest absolute Gasteiger partial charge is 0.407 e. The zero-order valence-corrected chi connectivity index (χ0v) is 27.1. The van der Waals surface area contributed by atoms with Crippen molar-refractivity contribution in [3.63, 3.8) is 0 Å². The highest BCUT2D eigenvalue weighted by molar-refractivity contribution is 6.09. The van der Waals surface area contributed by atoms with Crippen molar-refractivity contribution >= 4 is 39.5 Å². The maximum atomic E-state index is 14.5. The highest BCUT2D eigenvalue weighted by atomic mass is 16.6. The van der Waals surface area contributed by atoms with E-state index in [-0.39, 0.29) is 18.0 Å². The van der Waals surface area contributed by atoms with Crippen molar-refractivity contribution in [2.45, 2.75) is 57.7 Å². The van der Waals surface area contributed by atoms with Crippen molar-refractivity contribution in [3.05, 3.63) is 102 Å². The molecule has 1 aliphatic heterocycles. The summed E-state index contributed by atoms with van der Waals surface area (Å²) in [6.07, 6.45) is 1.60. The van der Waals surface area contributed by atoms with E-state index < -0.39 is 11.7 Å². The Balaban J connectivity index is 1.41. The monoisotopic (exact) mass is 619 g/mol. The van der Waals surface area contributed by atoms with Crippen LogP contribution in [0.15, 0.2) is 91.0 Å². The molecule has 238 valence electrons. The maximum Gasteiger partial charge on any atom is 0.407 e. The third-order valence-corrected chi connectivity index (χ3v) is 8.58. The molecule has 8 heteroatoms. The molecule has 0 spiro atoms. The van der Waals surface area contributed by atoms with Crippen molar-refractivity contribution in [1.82, 2.24) is 9.88 Å². The molecule has 46 heavy (non-hydrogen) atoms. The molecule has 5 aromatic rings. The van der Waals surface area contributed by atoms with Gasteiger partial charge in [0.05, 0.1) is 20.3 Å². The number of hydrogen-bond donors (Lipinski definition) is 1. The number of anilines is 1. The van der Waals surface area contributed by atoms with E-state index in [1.54, 1.807) is 32.4 Å². The zero-order valence-electron chi connectivity index (χ0n) is 27.1. The molecule has 0 aliphatic carbocycles. The Hall–Kier alpha value is -4.98. The Morgan fingerprint density at radius 3 is 2.11 bits per heavy atom. The van der Waals surface area contributed by atoms with Gasteiger partial charge in [-0.2, -0.15) is 0 Å². The number of ether oxygens (including phenoxy) is 3. The molecule has 1 aliphatic rings. The largest absolute Gasteiger partial charge is 0.493 e. The molecule has 4 aromatic carbocycles. The van der Waals surface area contributed by atoms with Crippen molar-refractivity contribution in [2.75, 3.05) is 25.7 Å². The second kappa shape index (κ2) is 12.8. The lowest BCUT2D eigenvalue weighted by Gasteiger charge is -2.42. The van der Waals surface area contributed by atoms with Crippen molar-refractivity contribution in [1.29, 1.82) is 0 Å². The Morgan fingerprint density at radius 1 is 0.826 bits per heavy atom. The number of carbonyl (C=O) groups excluding carboxylic acids is 2. The van der Waals surface area contributed by atoms with Gasteiger partial charge in [-0.05, 0) is 82.0 Å². The van der Waals surface area contributed by atoms with Gasteiger partial charge in [0.15, 0.2) is 11.5 Å². The lowest BCUT2D eigenvalue weighted by atomic mass is 9.87. The fourth-order valence-corrected chi connectivity index (χ4v) is 6.68. The molecule has 2 atom stereocenters. The molecular formula is C38H41N3O5. The average molecular weight is 620 g/mol. The lowest BCUT2D eigenvalue weighted by Crippen LogP contribution is -2.46. The van der Waals surface area contributed by atoms with Gasteiger partial charge in [-0.25, -0.2) is 4.79 Å². The highest BCUT2D eigenvalue weighted by Gasteiger charge is 2.38. The number of nitrogens with one attached hydrogen (secondary N) is 1. The van der Waals surface area contributed by atoms with Crippen LogP contribution in [-0.4, -0.2) is 49.0 Å². The summed E-state index contributed by atoms with van der Waals surface area (Å²) < 4.78 is 18.9. The molecule has 6 rings (SSSR count). The van der Waals surface area contributed by atoms with Crippen LogP contribution in [0.2, 0.25) is 0 Å². The molecular weight excluding hydrogens is 578 g/mol. The molecule has 8 nitrogen and oxygen atoms in total. The Kier molecular flexibility index (Phi) is 8.63. The zero-order chi connectivity index (χ0) is 32.4. The molecule has 0 radical (unpaired) electrons. The summed E-state index contributed by atoms with van der Waals surface area (Å²) >= 11 is 0. The summed E-state index contributed by atoms with van der Waals surface area (Å²) in [4.78, 5) is 28.8. The van der Waals surface area contributed by atoms with E-state index in [0.29, 0.717) is 42.9 Å². The number of rotatable bonds is 8. The first kappa shape index (κ1) is 31.0. The number of para-hydroxylation sites is 3. The number of methoxy groups -OCH3 is 2. The Bertz CT molecular complexity index is 1840. The molecule has 1 N–H and O–H groups in total. The summed E-state index contributed by atoms with van der Waals surface area (Å²) in [6, 6.07) is 30.4. The molecule has 0 saturated heterocycles. The summed E-state index contributed by atoms with van der Waals surface area (Å²) in [5, 5.41) is 5.30. The molecule has 2 unspecified atom stereocenters. The summed E-state index contributed by atoms with van der Waals surface area (Å²) in [7, 11) is 3.15. The van der Waals surface area contributed by atoms with Crippen LogP contribution in [0.5, 0.6) is 11.5 Å². The van der Waals surface area contributed by atoms with Gasteiger partial charge >= 0.3 is 6.09 Å². The van der Waals surface area contributed by atoms with Gasteiger partial charge in [-0.15, -0.1) is 0 Å². The number of aromatic nitrogens is 1. The number of carbonyl (C=O) groups is 2. The standard InChI is InChI=1S/C38H41N3O5/c1-38(2,3)46-37(43)39-22-12-13-26-24-33(41-30-17-9-6-14-27(30)28-15-7-10-18-31(28)41)29-16-8-11-19-32(29)40(26)36(42)25-20-21-34(44-4)35(23-25)45-5/h6-11,14-21,23,26,33H,12-13,22,24H2,1-5H3,(H,39,43). The number of nitrogens with zero attached hydrogens (tertiary/aromatic N) is 2. The van der Waals surface area contributed by atoms with E-state index in [9.17, 15) is 9.59 Å². The van der Waals surface area contributed by atoms with E-state index in [1.165, 1.54) is 10.8 Å². The SMILES string of the molecule is COc1ccc(C(=O)N2c3ccccc3C(n3c4ccccc4c4ccccc43)CC2CCCNC(=O)OC(C)(C)C)cc1OC. The van der Waals surface area contributed by atoms with Crippen LogP contribution in [0.4, 0.5) is 10.5 Å². The third kappa shape index (κ3) is 5.99. The minimum Gasteiger partial charge on any atom is -0.493 e. The predicted molar refractivity (Wildman–Crippen MR) is 182 cm³/mol. The number of fused-ring (bicyclic) bond motifs is 4. The van der Waals surface area contributed by atoms with Crippen LogP contribution in [0.3, 0.4) is 0 Å². The van der Waals surface area contributed by atoms with Crippen LogP contribution in [0.1, 0.15) is 62.0 Å². The van der Waals surface area contributed by atoms with Crippen LogP contribution in [0.25, 0.3) is 21.8 Å². The van der Waals surface area contributed by atoms with Gasteiger partial charge in [-0.3, -0.25) is 4.79 Å². The van der Waals surface area contributed by atoms with Gasteiger partial charge in [0.2, 0.25) is 0 Å². The van der Waals surface area contributed by atoms with E-state index >= 15 is 0 Å². The minimum atomic E-state index is -0.574. The summed E-state index contributed by atoms with van der Waals surface area (Å²) in [5.41, 5.74) is 4.23. The van der Waals surface area contributed by atoms with E-state index in [2.05, 4.69) is 64.5 Å². The molecule has 0 saturated carbocycles. The Morgan fingerprint density at radius 2 is 1.46 bits per heavy atom. The van der Waals surface area contributed by atoms with Crippen molar-refractivity contribution in [3.8, 4) is 11.5 Å². The average Bonchev–Trinajstić information content (AvgIpc) is 3.39. The quantitative estimate of drug-likeness (QED) is 0.177. The number of alkyl carbamates (subject to hydrolysis) is 1. The first-order valence-electron chi connectivity index (χ1n) is 15.8. The van der Waals surface area contributed by atoms with Gasteiger partial charge in [0, 0.05) is 45.6 Å². The fourth-order valence-electron chi connectivity index (χ4n) is 6.68. The van der Waals surface area contributed by atoms with Crippen molar-refractivity contribution < 1.29 is 23.8 Å². The predicted octanol–water partition coefficient (Wildman–Crippen LogP) is 8.13. The van der Waals surface area contributed by atoms with Gasteiger partial charge in [-0.1, -0.05) is 54.6 Å². The second-order valence-corrected chi connectivity index (χ2v) is 12.7. The number of amides is 2. The first-order chi connectivity index (χ1) is 22.2. The molecule has 2 amide bonds. The lowest BCUT2D eigenvalue weighted by molar-refractivity contribution is 0.0526. The minimum absolute atomic E-state index is 0.0146. The van der Waals surface area contributed by atoms with E-state index in [0.717, 1.165) is 22.3 Å². The normalized spacial score (nSPS) is 16.2. The Labute approximate surface area is 269 Å². The summed E-state index contributed by atoms with van der Waals surface area (Å²) in [5.74, 6) is 0.952. The fraction of sp³-hybridized carbons (Fsp3) is 0.316. The molecule has 2 heterocycles. The van der Waals surface area contributed by atoms with Crippen LogP contribution in [0, 0.1) is 0 Å². The van der Waals surface area contributed by atoms with E-state index in [1.807, 2.05) is 43.9 Å². The van der Waals surface area contributed by atoms with E-state index in [4.69, 9.17) is 14.2 Å². The van der Waals surface area contributed by atoms with Crippen molar-refractivity contribution in [2.24, 2.45) is 0 Å². The maximum absolute atomic E-state index is 14.5. The molecule has 0 bridgehead atoms. The molecule has 1 aromatic heterocycles. The molecule has 0 fully saturated rings. The third-order valence-electron chi connectivity index (χ3n) is 8.58. The van der Waals surface area contributed by atoms with Gasteiger partial charge in [0.25, 0.3) is 5.91 Å². The number of benzene rings is 4. The second-order valence-electron chi connectivity index (χ2n) is 12.7. The van der Waals surface area contributed by atoms with Gasteiger partial charge < -0.3 is 29.0 Å².